The Balaban J connectivity index is 2.24. The molecular weight excluding hydrogens is 452 g/mol. The molecule has 0 aliphatic carbocycles. The molecule has 1 heterocycles. The van der Waals surface area contributed by atoms with E-state index in [1.54, 1.807) is 26.0 Å². The summed E-state index contributed by atoms with van der Waals surface area (Å²) in [5.41, 5.74) is 0.666. The lowest BCUT2D eigenvalue weighted by Gasteiger charge is -2.28. The van der Waals surface area contributed by atoms with Crippen LogP contribution in [0, 0.1) is 11.8 Å². The lowest BCUT2D eigenvalue weighted by Crippen LogP contribution is -2.59. The Bertz CT molecular complexity index is 882. The van der Waals surface area contributed by atoms with Crippen LogP contribution in [0.25, 0.3) is 0 Å². The van der Waals surface area contributed by atoms with Crippen LogP contribution < -0.4 is 21.3 Å². The monoisotopic (exact) mass is 490 g/mol. The molecule has 194 valence electrons. The Hall–Kier alpha value is -3.14. The first-order valence-corrected chi connectivity index (χ1v) is 12.2. The molecule has 6 N–H and O–H groups in total. The van der Waals surface area contributed by atoms with E-state index in [4.69, 9.17) is 0 Å². The van der Waals surface area contributed by atoms with Gasteiger partial charge in [0, 0.05) is 6.42 Å². The summed E-state index contributed by atoms with van der Waals surface area (Å²) in [6.45, 7) is 7.86. The van der Waals surface area contributed by atoms with Crippen molar-refractivity contribution < 1.29 is 29.4 Å². The summed E-state index contributed by atoms with van der Waals surface area (Å²) < 4.78 is 0. The second kappa shape index (κ2) is 13.1. The lowest BCUT2D eigenvalue weighted by atomic mass is 9.96. The quantitative estimate of drug-likeness (QED) is 0.254. The predicted molar refractivity (Wildman–Crippen MR) is 131 cm³/mol. The average Bonchev–Trinajstić information content (AvgIpc) is 3.35. The number of rotatable bonds is 12. The highest BCUT2D eigenvalue weighted by Gasteiger charge is 2.34. The average molecular weight is 491 g/mol. The summed E-state index contributed by atoms with van der Waals surface area (Å²) in [5.74, 6) is -3.08. The maximum absolute atomic E-state index is 13.3. The fraction of sp³-hybridized carbons (Fsp3) is 0.600. The predicted octanol–water partition coefficient (Wildman–Crippen LogP) is 0.928. The first-order valence-electron chi connectivity index (χ1n) is 12.2. The van der Waals surface area contributed by atoms with Gasteiger partial charge in [0.25, 0.3) is 0 Å². The second-order valence-electron chi connectivity index (χ2n) is 9.52. The van der Waals surface area contributed by atoms with E-state index in [1.165, 1.54) is 12.1 Å². The Morgan fingerprint density at radius 3 is 2.17 bits per heavy atom. The van der Waals surface area contributed by atoms with Crippen LogP contribution >= 0.6 is 0 Å². The van der Waals surface area contributed by atoms with Crippen molar-refractivity contribution in [1.29, 1.82) is 0 Å². The Morgan fingerprint density at radius 1 is 1.00 bits per heavy atom. The molecule has 1 aliphatic rings. The van der Waals surface area contributed by atoms with Crippen LogP contribution in [0.1, 0.15) is 52.5 Å². The third-order valence-electron chi connectivity index (χ3n) is 6.41. The number of carbonyl (C=O) groups excluding carboxylic acids is 3. The number of aromatic hydroxyl groups is 1. The Morgan fingerprint density at radius 2 is 1.66 bits per heavy atom. The van der Waals surface area contributed by atoms with Crippen molar-refractivity contribution in [3.63, 3.8) is 0 Å². The summed E-state index contributed by atoms with van der Waals surface area (Å²) >= 11 is 0. The summed E-state index contributed by atoms with van der Waals surface area (Å²) in [5, 5.41) is 30.2. The highest BCUT2D eigenvalue weighted by atomic mass is 16.4. The second-order valence-corrected chi connectivity index (χ2v) is 9.52. The molecule has 1 aromatic carbocycles. The minimum Gasteiger partial charge on any atom is -0.508 e. The molecule has 5 atom stereocenters. The van der Waals surface area contributed by atoms with Crippen molar-refractivity contribution in [3.8, 4) is 5.75 Å². The number of amides is 3. The molecule has 0 bridgehead atoms. The van der Waals surface area contributed by atoms with Crippen LogP contribution in [0.15, 0.2) is 24.3 Å². The Labute approximate surface area is 206 Å². The molecule has 1 fully saturated rings. The Kier molecular flexibility index (Phi) is 10.5. The van der Waals surface area contributed by atoms with Crippen LogP contribution in [0.4, 0.5) is 0 Å². The zero-order valence-electron chi connectivity index (χ0n) is 20.8. The third kappa shape index (κ3) is 8.24. The van der Waals surface area contributed by atoms with E-state index in [9.17, 15) is 29.4 Å². The first-order chi connectivity index (χ1) is 16.5. The summed E-state index contributed by atoms with van der Waals surface area (Å²) in [6, 6.07) is 2.77. The van der Waals surface area contributed by atoms with Crippen molar-refractivity contribution >= 4 is 23.7 Å². The van der Waals surface area contributed by atoms with Crippen molar-refractivity contribution in [2.45, 2.75) is 77.5 Å². The molecule has 0 spiro atoms. The minimum absolute atomic E-state index is 0.0598. The number of hydrogen-bond acceptors (Lipinski definition) is 6. The maximum atomic E-state index is 13.3. The van der Waals surface area contributed by atoms with Gasteiger partial charge in [-0.3, -0.25) is 14.4 Å². The summed E-state index contributed by atoms with van der Waals surface area (Å²) in [4.78, 5) is 50.8. The number of phenols is 1. The van der Waals surface area contributed by atoms with Crippen molar-refractivity contribution in [2.24, 2.45) is 11.8 Å². The highest BCUT2D eigenvalue weighted by molar-refractivity contribution is 5.94. The number of aliphatic carboxylic acids is 1. The molecule has 5 unspecified atom stereocenters. The van der Waals surface area contributed by atoms with Gasteiger partial charge >= 0.3 is 5.97 Å². The van der Waals surface area contributed by atoms with Gasteiger partial charge < -0.3 is 31.5 Å². The topological polar surface area (TPSA) is 157 Å². The molecule has 35 heavy (non-hydrogen) atoms. The molecule has 10 heteroatoms. The van der Waals surface area contributed by atoms with E-state index < -0.39 is 35.9 Å². The summed E-state index contributed by atoms with van der Waals surface area (Å²) in [6.07, 6.45) is 2.28. The molecule has 1 aromatic rings. The van der Waals surface area contributed by atoms with Gasteiger partial charge in [0.15, 0.2) is 0 Å². The molecule has 0 aromatic heterocycles. The van der Waals surface area contributed by atoms with E-state index in [0.29, 0.717) is 18.4 Å². The van der Waals surface area contributed by atoms with Crippen molar-refractivity contribution in [2.75, 3.05) is 6.54 Å². The first kappa shape index (κ1) is 28.1. The molecule has 3 amide bonds. The van der Waals surface area contributed by atoms with Gasteiger partial charge in [-0.05, 0) is 48.9 Å². The van der Waals surface area contributed by atoms with Crippen LogP contribution in [0.3, 0.4) is 0 Å². The fourth-order valence-corrected chi connectivity index (χ4v) is 3.97. The van der Waals surface area contributed by atoms with Gasteiger partial charge in [-0.1, -0.05) is 46.2 Å². The lowest BCUT2D eigenvalue weighted by molar-refractivity contribution is -0.143. The van der Waals surface area contributed by atoms with Crippen LogP contribution in [0.5, 0.6) is 5.75 Å². The van der Waals surface area contributed by atoms with Crippen molar-refractivity contribution in [3.05, 3.63) is 29.8 Å². The molecule has 1 aliphatic heterocycles. The molecule has 10 nitrogen and oxygen atoms in total. The van der Waals surface area contributed by atoms with Crippen LogP contribution in [-0.2, 0) is 25.6 Å². The summed E-state index contributed by atoms with van der Waals surface area (Å²) in [7, 11) is 0. The van der Waals surface area contributed by atoms with E-state index in [0.717, 1.165) is 13.0 Å². The minimum atomic E-state index is -1.17. The normalized spacial score (nSPS) is 18.8. The van der Waals surface area contributed by atoms with E-state index >= 15 is 0 Å². The number of benzene rings is 1. The number of nitrogens with one attached hydrogen (secondary N) is 4. The van der Waals surface area contributed by atoms with Gasteiger partial charge in [0.05, 0.1) is 6.04 Å². The number of carboxylic acid groups (broad SMARTS) is 1. The number of phenolic OH excluding ortho intramolecular Hbond substituents is 1. The van der Waals surface area contributed by atoms with Crippen LogP contribution in [0.2, 0.25) is 0 Å². The largest absolute Gasteiger partial charge is 0.508 e. The molecular formula is C25H38N4O6. The van der Waals surface area contributed by atoms with Crippen molar-refractivity contribution in [1.82, 2.24) is 21.3 Å². The standard InChI is InChI=1S/C25H38N4O6/c1-5-15(4)21(29-22(31)18-7-6-12-26-18)24(33)27-19(13-16-8-10-17(30)11-9-16)23(32)28-20(14(2)3)25(34)35/h8-11,14-15,18-21,26,30H,5-7,12-13H2,1-4H3,(H,27,33)(H,28,32)(H,29,31)(H,34,35). The van der Waals surface area contributed by atoms with E-state index in [2.05, 4.69) is 21.3 Å². The smallest absolute Gasteiger partial charge is 0.326 e. The number of hydrogen-bond donors (Lipinski definition) is 6. The molecule has 0 saturated carbocycles. The molecule has 2 rings (SSSR count). The van der Waals surface area contributed by atoms with Gasteiger partial charge in [-0.15, -0.1) is 0 Å². The fourth-order valence-electron chi connectivity index (χ4n) is 3.97. The van der Waals surface area contributed by atoms with E-state index in [-0.39, 0.29) is 36.0 Å². The zero-order valence-corrected chi connectivity index (χ0v) is 20.8. The number of carbonyl (C=O) groups is 4. The highest BCUT2D eigenvalue weighted by Crippen LogP contribution is 2.14. The third-order valence-corrected chi connectivity index (χ3v) is 6.41. The van der Waals surface area contributed by atoms with E-state index in [1.807, 2.05) is 13.8 Å². The van der Waals surface area contributed by atoms with Gasteiger partial charge in [0.1, 0.15) is 23.9 Å². The van der Waals surface area contributed by atoms with Gasteiger partial charge in [0.2, 0.25) is 17.7 Å². The van der Waals surface area contributed by atoms with Gasteiger partial charge in [-0.2, -0.15) is 0 Å². The maximum Gasteiger partial charge on any atom is 0.326 e. The molecule has 1 saturated heterocycles. The zero-order chi connectivity index (χ0) is 26.1. The van der Waals surface area contributed by atoms with Crippen LogP contribution in [-0.4, -0.2) is 64.6 Å². The SMILES string of the molecule is CCC(C)C(NC(=O)C1CCCN1)C(=O)NC(Cc1ccc(O)cc1)C(=O)NC(C(=O)O)C(C)C. The van der Waals surface area contributed by atoms with Gasteiger partial charge in [-0.25, -0.2) is 4.79 Å². The molecule has 0 radical (unpaired) electrons. The number of carboxylic acids is 1.